The summed E-state index contributed by atoms with van der Waals surface area (Å²) in [5.41, 5.74) is 1.84. The number of benzene rings is 2. The molecule has 2 saturated heterocycles. The van der Waals surface area contributed by atoms with E-state index < -0.39 is 15.3 Å². The third-order valence-electron chi connectivity index (χ3n) is 9.43. The van der Waals surface area contributed by atoms with Crippen LogP contribution in [0.5, 0.6) is 0 Å². The minimum absolute atomic E-state index is 0.263. The van der Waals surface area contributed by atoms with E-state index in [1.807, 2.05) is 23.9 Å². The van der Waals surface area contributed by atoms with Gasteiger partial charge in [0.15, 0.2) is 0 Å². The highest BCUT2D eigenvalue weighted by Gasteiger charge is 2.44. The van der Waals surface area contributed by atoms with Gasteiger partial charge in [0, 0.05) is 43.6 Å². The van der Waals surface area contributed by atoms with Crippen LogP contribution in [-0.4, -0.2) is 63.0 Å². The number of hydrogen-bond acceptors (Lipinski definition) is 7. The fourth-order valence-electron chi connectivity index (χ4n) is 7.16. The fourth-order valence-corrected chi connectivity index (χ4v) is 9.16. The molecule has 2 atom stereocenters. The van der Waals surface area contributed by atoms with E-state index in [0.717, 1.165) is 69.8 Å². The maximum atomic E-state index is 12.9. The Labute approximate surface area is 262 Å². The number of anilines is 1. The van der Waals surface area contributed by atoms with Gasteiger partial charge in [-0.1, -0.05) is 43.7 Å². The first-order valence-electron chi connectivity index (χ1n) is 15.6. The Morgan fingerprint density at radius 1 is 1.00 bits per heavy atom. The number of aromatic nitrogens is 1. The van der Waals surface area contributed by atoms with E-state index in [0.29, 0.717) is 22.6 Å². The smallest absolute Gasteiger partial charge is 0.206 e. The van der Waals surface area contributed by atoms with Gasteiger partial charge in [-0.05, 0) is 105 Å². The summed E-state index contributed by atoms with van der Waals surface area (Å²) < 4.78 is 25.8. The Morgan fingerprint density at radius 3 is 2.26 bits per heavy atom. The lowest BCUT2D eigenvalue weighted by Gasteiger charge is -2.46. The number of likely N-dealkylation sites (tertiary alicyclic amines) is 1. The quantitative estimate of drug-likeness (QED) is 0.212. The molecule has 0 aliphatic carbocycles. The predicted molar refractivity (Wildman–Crippen MR) is 176 cm³/mol. The molecule has 1 unspecified atom stereocenters. The summed E-state index contributed by atoms with van der Waals surface area (Å²) in [5.74, 6) is 2.65. The maximum Gasteiger partial charge on any atom is 0.206 e. The number of piperidine rings is 1. The summed E-state index contributed by atoms with van der Waals surface area (Å²) in [5, 5.41) is 10.8. The van der Waals surface area contributed by atoms with Gasteiger partial charge < -0.3 is 9.80 Å². The van der Waals surface area contributed by atoms with Gasteiger partial charge in [-0.2, -0.15) is 17.0 Å². The lowest BCUT2D eigenvalue weighted by molar-refractivity contribution is 0.115. The van der Waals surface area contributed by atoms with E-state index in [-0.39, 0.29) is 4.90 Å². The third-order valence-corrected chi connectivity index (χ3v) is 12.0. The van der Waals surface area contributed by atoms with Crippen LogP contribution in [0.3, 0.4) is 0 Å². The van der Waals surface area contributed by atoms with E-state index >= 15 is 0 Å². The van der Waals surface area contributed by atoms with E-state index in [1.165, 1.54) is 36.5 Å². The molecule has 2 aliphatic heterocycles. The molecule has 0 spiro atoms. The Kier molecular flexibility index (Phi) is 10.5. The molecule has 0 saturated carbocycles. The molecule has 2 aromatic carbocycles. The first kappa shape index (κ1) is 31.6. The van der Waals surface area contributed by atoms with Gasteiger partial charge in [-0.3, -0.25) is 4.98 Å². The second-order valence-corrected chi connectivity index (χ2v) is 15.1. The number of nitriles is 1. The number of thioether (sulfide) groups is 1. The van der Waals surface area contributed by atoms with Crippen molar-refractivity contribution in [3.8, 4) is 6.07 Å². The summed E-state index contributed by atoms with van der Waals surface area (Å²) in [4.78, 5) is 9.42. The highest BCUT2D eigenvalue weighted by molar-refractivity contribution is 7.98. The number of hydrogen-bond donors (Lipinski definition) is 0. The lowest BCUT2D eigenvalue weighted by atomic mass is 9.63. The summed E-state index contributed by atoms with van der Waals surface area (Å²) in [6, 6.07) is 23.8. The van der Waals surface area contributed by atoms with Crippen LogP contribution >= 0.6 is 11.8 Å². The molecule has 5 rings (SSSR count). The van der Waals surface area contributed by atoms with Crippen molar-refractivity contribution in [2.75, 3.05) is 49.6 Å². The van der Waals surface area contributed by atoms with Crippen molar-refractivity contribution >= 4 is 27.3 Å². The van der Waals surface area contributed by atoms with Gasteiger partial charge in [0.2, 0.25) is 9.84 Å². The largest absolute Gasteiger partial charge is 0.371 e. The average Bonchev–Trinajstić information content (AvgIpc) is 3.03. The first-order chi connectivity index (χ1) is 20.9. The fraction of sp³-hybridized carbons (Fsp3) is 0.486. The average molecular weight is 617 g/mol. The zero-order chi connectivity index (χ0) is 30.3. The van der Waals surface area contributed by atoms with Crippen molar-refractivity contribution in [1.82, 2.24) is 9.88 Å². The molecule has 43 heavy (non-hydrogen) atoms. The molecule has 2 aliphatic rings. The normalized spacial score (nSPS) is 18.9. The molecule has 3 heterocycles. The van der Waals surface area contributed by atoms with Crippen LogP contribution in [0.25, 0.3) is 0 Å². The minimum Gasteiger partial charge on any atom is -0.371 e. The van der Waals surface area contributed by atoms with Crippen molar-refractivity contribution in [3.63, 3.8) is 0 Å². The summed E-state index contributed by atoms with van der Waals surface area (Å²) in [7, 11) is -3.53. The molecular formula is C35H44N4O2S2. The van der Waals surface area contributed by atoms with E-state index in [4.69, 9.17) is 0 Å². The van der Waals surface area contributed by atoms with E-state index in [2.05, 4.69) is 64.4 Å². The Morgan fingerprint density at radius 2 is 1.65 bits per heavy atom. The molecule has 1 aromatic heterocycles. The summed E-state index contributed by atoms with van der Waals surface area (Å²) in [6.07, 6.45) is 10.6. The van der Waals surface area contributed by atoms with Crippen molar-refractivity contribution in [3.05, 3.63) is 84.7 Å². The van der Waals surface area contributed by atoms with Crippen molar-refractivity contribution in [2.45, 2.75) is 54.2 Å². The third kappa shape index (κ3) is 7.11. The van der Waals surface area contributed by atoms with Gasteiger partial charge in [0.25, 0.3) is 0 Å². The molecule has 8 heteroatoms. The molecule has 2 fully saturated rings. The minimum atomic E-state index is -3.53. The van der Waals surface area contributed by atoms with Crippen LogP contribution in [-0.2, 0) is 15.3 Å². The molecule has 0 bridgehead atoms. The highest BCUT2D eigenvalue weighted by atomic mass is 32.2. The summed E-state index contributed by atoms with van der Waals surface area (Å²) >= 11 is 1.91. The maximum absolute atomic E-state index is 12.9. The van der Waals surface area contributed by atoms with Crippen LogP contribution < -0.4 is 4.90 Å². The molecule has 0 radical (unpaired) electrons. The monoisotopic (exact) mass is 616 g/mol. The molecule has 6 nitrogen and oxygen atoms in total. The standard InChI is InChI=1S/C35H44N4O2S2/c1-3-7-28(26-42-2)22-35(27-36,30-8-5-4-6-9-30)31-16-20-38(21-17-31)23-29-24-39(25-29)32-10-12-33(13-11-32)43(40,41)34-14-18-37-19-15-34/h4-6,8-15,18-19,28-29,31H,3,7,16-17,20-26H2,1-2H3/t28-,35?/m0/s1. The van der Waals surface area contributed by atoms with Gasteiger partial charge in [0.05, 0.1) is 21.3 Å². The van der Waals surface area contributed by atoms with E-state index in [1.54, 1.807) is 12.1 Å². The number of sulfone groups is 1. The first-order valence-corrected chi connectivity index (χ1v) is 18.5. The van der Waals surface area contributed by atoms with Gasteiger partial charge in [-0.15, -0.1) is 0 Å². The summed E-state index contributed by atoms with van der Waals surface area (Å²) in [6.45, 7) is 7.38. The van der Waals surface area contributed by atoms with Gasteiger partial charge in [-0.25, -0.2) is 8.42 Å². The number of rotatable bonds is 13. The Hall–Kier alpha value is -2.86. The van der Waals surface area contributed by atoms with Crippen molar-refractivity contribution < 1.29 is 8.42 Å². The second-order valence-electron chi connectivity index (χ2n) is 12.3. The van der Waals surface area contributed by atoms with Gasteiger partial charge >= 0.3 is 0 Å². The van der Waals surface area contributed by atoms with Crippen LogP contribution in [0, 0.1) is 29.1 Å². The number of pyridine rings is 1. The van der Waals surface area contributed by atoms with Crippen molar-refractivity contribution in [2.24, 2.45) is 17.8 Å². The van der Waals surface area contributed by atoms with Gasteiger partial charge in [0.1, 0.15) is 0 Å². The number of nitrogens with zero attached hydrogens (tertiary/aromatic N) is 4. The molecular weight excluding hydrogens is 573 g/mol. The van der Waals surface area contributed by atoms with Crippen LogP contribution in [0.2, 0.25) is 0 Å². The Balaban J connectivity index is 1.16. The SMILES string of the molecule is CCC[C@H](CSC)CC(C#N)(c1ccccc1)C1CCN(CC2CN(c3ccc(S(=O)(=O)c4ccncc4)cc3)C2)CC1. The van der Waals surface area contributed by atoms with Crippen LogP contribution in [0.4, 0.5) is 5.69 Å². The zero-order valence-corrected chi connectivity index (χ0v) is 27.1. The van der Waals surface area contributed by atoms with Crippen molar-refractivity contribution in [1.29, 1.82) is 5.26 Å². The van der Waals surface area contributed by atoms with Crippen LogP contribution in [0.1, 0.15) is 44.6 Å². The second kappa shape index (κ2) is 14.3. The van der Waals surface area contributed by atoms with Crippen LogP contribution in [0.15, 0.2) is 88.9 Å². The lowest BCUT2D eigenvalue weighted by Crippen LogP contribution is -2.53. The molecule has 0 amide bonds. The zero-order valence-electron chi connectivity index (χ0n) is 25.4. The topological polar surface area (TPSA) is 77.3 Å². The highest BCUT2D eigenvalue weighted by Crippen LogP contribution is 2.44. The molecule has 3 aromatic rings. The Bertz CT molecular complexity index is 1440. The molecule has 228 valence electrons. The molecule has 0 N–H and O–H groups in total. The van der Waals surface area contributed by atoms with E-state index in [9.17, 15) is 13.7 Å². The predicted octanol–water partition coefficient (Wildman–Crippen LogP) is 6.69.